The first-order valence-corrected chi connectivity index (χ1v) is 14.8. The maximum atomic E-state index is 12.8. The number of benzene rings is 1. The smallest absolute Gasteiger partial charge is 0.383 e. The molecule has 1 N–H and O–H groups in total. The van der Waals surface area contributed by atoms with Gasteiger partial charge < -0.3 is 42.7 Å². The number of fused-ring (bicyclic) bond motifs is 1. The Bertz CT molecular complexity index is 1580. The molecule has 0 spiro atoms. The molecule has 0 radical (unpaired) electrons. The van der Waals surface area contributed by atoms with Gasteiger partial charge in [0.25, 0.3) is 0 Å². The third kappa shape index (κ3) is 10.6. The standard InChI is InChI=1S/C33H40O14/c1-17(2)9-8-10-18(3)13-14-40-29-27(38)24-12-11-23(15-25(24)46-32(29)39)45-33-31(44-22(7)37)30(43-21(6)36)28(42-20(5)35)26(47-33)16-41-19(4)34/h9,11-13,15,26,28,30-31,33,38H,8,10,14,16H2,1-7H3/t26-,28-,30+,31+,33+/m1/s1. The van der Waals surface area contributed by atoms with Gasteiger partial charge in [0.05, 0.1) is 5.39 Å². The molecule has 1 saturated heterocycles. The van der Waals surface area contributed by atoms with Crippen LogP contribution in [0.3, 0.4) is 0 Å². The van der Waals surface area contributed by atoms with Crippen molar-refractivity contribution in [1.29, 1.82) is 0 Å². The highest BCUT2D eigenvalue weighted by atomic mass is 16.7. The maximum Gasteiger partial charge on any atom is 0.383 e. The van der Waals surface area contributed by atoms with E-state index < -0.39 is 72.6 Å². The summed E-state index contributed by atoms with van der Waals surface area (Å²) < 4.78 is 44.1. The molecular formula is C33H40O14. The molecular weight excluding hydrogens is 620 g/mol. The van der Waals surface area contributed by atoms with E-state index in [2.05, 4.69) is 6.08 Å². The summed E-state index contributed by atoms with van der Waals surface area (Å²) in [4.78, 5) is 60.4. The monoisotopic (exact) mass is 660 g/mol. The first-order chi connectivity index (χ1) is 22.2. The Morgan fingerprint density at radius 2 is 1.49 bits per heavy atom. The lowest BCUT2D eigenvalue weighted by molar-refractivity contribution is -0.288. The highest BCUT2D eigenvalue weighted by Gasteiger charge is 2.53. The fourth-order valence-corrected chi connectivity index (χ4v) is 4.72. The number of rotatable bonds is 13. The van der Waals surface area contributed by atoms with E-state index >= 15 is 0 Å². The molecule has 1 aromatic heterocycles. The number of hydrogen-bond acceptors (Lipinski definition) is 14. The van der Waals surface area contributed by atoms with Crippen LogP contribution in [0.15, 0.2) is 50.7 Å². The van der Waals surface area contributed by atoms with Gasteiger partial charge in [0.1, 0.15) is 30.7 Å². The first kappa shape index (κ1) is 36.6. The highest BCUT2D eigenvalue weighted by molar-refractivity contribution is 5.86. The van der Waals surface area contributed by atoms with Crippen molar-refractivity contribution >= 4 is 34.8 Å². The average molecular weight is 661 g/mol. The van der Waals surface area contributed by atoms with Crippen molar-refractivity contribution in [2.24, 2.45) is 0 Å². The summed E-state index contributed by atoms with van der Waals surface area (Å²) >= 11 is 0. The SMILES string of the molecule is CC(=O)OC[C@H]1O[C@H](Oc2ccc3c(O)c(OCC=C(C)CCC=C(C)C)c(=O)oc3c2)[C@@H](OC(C)=O)[C@@H](OC(C)=O)[C@@H]1OC(C)=O. The molecule has 2 heterocycles. The molecule has 14 heteroatoms. The minimum Gasteiger partial charge on any atom is -0.504 e. The fraction of sp³-hybridized carbons (Fsp3) is 0.485. The first-order valence-electron chi connectivity index (χ1n) is 14.8. The Hall–Kier alpha value is -4.85. The van der Waals surface area contributed by atoms with Crippen molar-refractivity contribution in [2.75, 3.05) is 13.2 Å². The zero-order valence-corrected chi connectivity index (χ0v) is 27.4. The second-order valence-corrected chi connectivity index (χ2v) is 11.1. The van der Waals surface area contributed by atoms with Gasteiger partial charge in [0, 0.05) is 33.8 Å². The summed E-state index contributed by atoms with van der Waals surface area (Å²) in [5.41, 5.74) is 1.27. The number of esters is 4. The van der Waals surface area contributed by atoms with Crippen LogP contribution in [0, 0.1) is 0 Å². The van der Waals surface area contributed by atoms with Crippen molar-refractivity contribution in [3.8, 4) is 17.2 Å². The second-order valence-electron chi connectivity index (χ2n) is 11.1. The second kappa shape index (κ2) is 16.6. The number of aromatic hydroxyl groups is 1. The van der Waals surface area contributed by atoms with Crippen LogP contribution in [0.1, 0.15) is 61.3 Å². The predicted molar refractivity (Wildman–Crippen MR) is 165 cm³/mol. The van der Waals surface area contributed by atoms with E-state index in [1.807, 2.05) is 26.8 Å². The zero-order valence-electron chi connectivity index (χ0n) is 27.4. The molecule has 47 heavy (non-hydrogen) atoms. The number of ether oxygens (including phenoxy) is 7. The molecule has 0 aliphatic carbocycles. The van der Waals surface area contributed by atoms with Gasteiger partial charge in [-0.3, -0.25) is 19.2 Å². The van der Waals surface area contributed by atoms with Gasteiger partial charge in [-0.2, -0.15) is 0 Å². The zero-order chi connectivity index (χ0) is 34.8. The highest BCUT2D eigenvalue weighted by Crippen LogP contribution is 2.35. The molecule has 14 nitrogen and oxygen atoms in total. The van der Waals surface area contributed by atoms with E-state index in [4.69, 9.17) is 37.6 Å². The molecule has 1 fully saturated rings. The molecule has 0 amide bonds. The van der Waals surface area contributed by atoms with Gasteiger partial charge in [0.2, 0.25) is 18.1 Å². The molecule has 0 saturated carbocycles. The molecule has 1 aliphatic rings. The summed E-state index contributed by atoms with van der Waals surface area (Å²) in [6.45, 7) is 10.0. The van der Waals surface area contributed by atoms with Crippen LogP contribution >= 0.6 is 0 Å². The number of allylic oxidation sites excluding steroid dienone is 3. The quantitative estimate of drug-likeness (QED) is 0.141. The molecule has 256 valence electrons. The van der Waals surface area contributed by atoms with Gasteiger partial charge in [-0.1, -0.05) is 17.2 Å². The molecule has 1 aliphatic heterocycles. The lowest BCUT2D eigenvalue weighted by Crippen LogP contribution is -2.63. The molecule has 0 unspecified atom stereocenters. The Balaban J connectivity index is 1.91. The van der Waals surface area contributed by atoms with Crippen molar-refractivity contribution in [3.05, 3.63) is 51.9 Å². The fourth-order valence-electron chi connectivity index (χ4n) is 4.72. The van der Waals surface area contributed by atoms with Crippen LogP contribution in [0.5, 0.6) is 17.2 Å². The lowest BCUT2D eigenvalue weighted by Gasteiger charge is -2.43. The van der Waals surface area contributed by atoms with Crippen molar-refractivity contribution in [3.63, 3.8) is 0 Å². The maximum absolute atomic E-state index is 12.8. The summed E-state index contributed by atoms with van der Waals surface area (Å²) in [6, 6.07) is 4.09. The molecule has 1 aromatic carbocycles. The van der Waals surface area contributed by atoms with Crippen molar-refractivity contribution in [1.82, 2.24) is 0 Å². The number of carbonyl (C=O) groups is 4. The normalized spacial score (nSPS) is 20.9. The van der Waals surface area contributed by atoms with E-state index in [0.29, 0.717) is 0 Å². The number of hydrogen-bond donors (Lipinski definition) is 1. The van der Waals surface area contributed by atoms with Gasteiger partial charge in [-0.15, -0.1) is 0 Å². The van der Waals surface area contributed by atoms with Gasteiger partial charge in [-0.05, 0) is 51.8 Å². The summed E-state index contributed by atoms with van der Waals surface area (Å²) in [7, 11) is 0. The third-order valence-corrected chi connectivity index (χ3v) is 6.76. The minimum absolute atomic E-state index is 0.0181. The van der Waals surface area contributed by atoms with Crippen LogP contribution in [0.2, 0.25) is 0 Å². The minimum atomic E-state index is -1.51. The van der Waals surface area contributed by atoms with Crippen molar-refractivity contribution < 1.29 is 61.9 Å². The lowest BCUT2D eigenvalue weighted by atomic mass is 9.98. The largest absolute Gasteiger partial charge is 0.504 e. The predicted octanol–water partition coefficient (Wildman–Crippen LogP) is 4.03. The van der Waals surface area contributed by atoms with Crippen LogP contribution < -0.4 is 15.1 Å². The van der Waals surface area contributed by atoms with Crippen molar-refractivity contribution in [2.45, 2.75) is 92.0 Å². The summed E-state index contributed by atoms with van der Waals surface area (Å²) in [5.74, 6) is -3.83. The van der Waals surface area contributed by atoms with E-state index in [9.17, 15) is 29.1 Å². The van der Waals surface area contributed by atoms with E-state index in [1.165, 1.54) is 23.8 Å². The average Bonchev–Trinajstić information content (AvgIpc) is 2.95. The molecule has 2 aromatic rings. The Kier molecular flexibility index (Phi) is 13.0. The Labute approximate surface area is 271 Å². The van der Waals surface area contributed by atoms with Gasteiger partial charge >= 0.3 is 29.5 Å². The van der Waals surface area contributed by atoms with E-state index in [0.717, 1.165) is 46.1 Å². The summed E-state index contributed by atoms with van der Waals surface area (Å²) in [5, 5.41) is 11.0. The van der Waals surface area contributed by atoms with Crippen LogP contribution in [0.25, 0.3) is 11.0 Å². The topological polar surface area (TPSA) is 183 Å². The Morgan fingerprint density at radius 3 is 2.11 bits per heavy atom. The van der Waals surface area contributed by atoms with E-state index in [-0.39, 0.29) is 29.1 Å². The molecule has 3 rings (SSSR count). The summed E-state index contributed by atoms with van der Waals surface area (Å²) in [6.07, 6.45) is -1.39. The number of carbonyl (C=O) groups excluding carboxylic acids is 4. The van der Waals surface area contributed by atoms with Crippen LogP contribution in [-0.2, 0) is 42.9 Å². The van der Waals surface area contributed by atoms with Gasteiger partial charge in [0.15, 0.2) is 18.0 Å². The van der Waals surface area contributed by atoms with Gasteiger partial charge in [-0.25, -0.2) is 4.79 Å². The molecule has 0 bridgehead atoms. The van der Waals surface area contributed by atoms with E-state index in [1.54, 1.807) is 0 Å². The van der Waals surface area contributed by atoms with Crippen LogP contribution in [-0.4, -0.2) is 72.9 Å². The Morgan fingerprint density at radius 1 is 0.851 bits per heavy atom. The third-order valence-electron chi connectivity index (χ3n) is 6.76. The molecule has 5 atom stereocenters. The van der Waals surface area contributed by atoms with Crippen LogP contribution in [0.4, 0.5) is 0 Å².